The van der Waals surface area contributed by atoms with Crippen LogP contribution in [0, 0.1) is 40.5 Å². The minimum atomic E-state index is -0.877. The Bertz CT molecular complexity index is 1260. The molecule has 31 heavy (non-hydrogen) atoms. The van der Waals surface area contributed by atoms with Crippen molar-refractivity contribution in [2.75, 3.05) is 0 Å². The number of hydrogen-bond acceptors (Lipinski definition) is 8. The molecule has 0 spiro atoms. The van der Waals surface area contributed by atoms with Crippen molar-refractivity contribution in [2.24, 2.45) is 0 Å². The van der Waals surface area contributed by atoms with E-state index in [4.69, 9.17) is 0 Å². The van der Waals surface area contributed by atoms with Crippen LogP contribution >= 0.6 is 0 Å². The van der Waals surface area contributed by atoms with Gasteiger partial charge in [-0.2, -0.15) is 0 Å². The molecular formula is C18H9N5O8. The van der Waals surface area contributed by atoms with E-state index in [0.29, 0.717) is 17.8 Å². The number of nitrogens with zero attached hydrogens (tertiary/aromatic N) is 4. The molecule has 1 heterocycles. The molecule has 0 unspecified atom stereocenters. The normalized spacial score (nSPS) is 11.5. The molecule has 13 nitrogen and oxygen atoms in total. The Hall–Kier alpha value is -4.94. The summed E-state index contributed by atoms with van der Waals surface area (Å²) in [6.45, 7) is 0. The lowest BCUT2D eigenvalue weighted by Gasteiger charge is -2.04. The molecule has 4 rings (SSSR count). The first-order chi connectivity index (χ1) is 14.7. The van der Waals surface area contributed by atoms with E-state index in [1.807, 2.05) is 0 Å². The van der Waals surface area contributed by atoms with Crippen molar-refractivity contribution in [3.05, 3.63) is 99.9 Å². The van der Waals surface area contributed by atoms with E-state index >= 15 is 0 Å². The summed E-state index contributed by atoms with van der Waals surface area (Å²) in [6.07, 6.45) is 3.04. The molecule has 0 fully saturated rings. The van der Waals surface area contributed by atoms with Crippen molar-refractivity contribution >= 4 is 34.4 Å². The highest BCUT2D eigenvalue weighted by molar-refractivity contribution is 6.12. The Labute approximate surface area is 170 Å². The fourth-order valence-electron chi connectivity index (χ4n) is 3.56. The Kier molecular flexibility index (Phi) is 4.27. The van der Waals surface area contributed by atoms with Gasteiger partial charge in [0.2, 0.25) is 0 Å². The van der Waals surface area contributed by atoms with Crippen LogP contribution in [0.3, 0.4) is 0 Å². The van der Waals surface area contributed by atoms with Crippen LogP contribution in [-0.2, 0) is 0 Å². The Morgan fingerprint density at radius 3 is 1.55 bits per heavy atom. The zero-order valence-corrected chi connectivity index (χ0v) is 15.2. The van der Waals surface area contributed by atoms with Crippen molar-refractivity contribution in [1.82, 2.24) is 4.98 Å². The van der Waals surface area contributed by atoms with Crippen molar-refractivity contribution < 1.29 is 19.7 Å². The van der Waals surface area contributed by atoms with Crippen molar-refractivity contribution in [2.45, 2.75) is 0 Å². The molecule has 0 atom stereocenters. The highest BCUT2D eigenvalue weighted by atomic mass is 16.6. The summed E-state index contributed by atoms with van der Waals surface area (Å²) in [7, 11) is 0. The SMILES string of the molecule is O=[N+]([O-])c1cc2c(c([N+](=O)[O-])c1)-c1c(cc([N+](=O)[O-])cc1[N+](=O)[O-])C2=Cc1ccc[nH]1. The van der Waals surface area contributed by atoms with Gasteiger partial charge in [-0.3, -0.25) is 40.5 Å². The van der Waals surface area contributed by atoms with Crippen LogP contribution < -0.4 is 0 Å². The van der Waals surface area contributed by atoms with Crippen LogP contribution in [0.5, 0.6) is 0 Å². The molecule has 0 amide bonds. The molecule has 3 aromatic rings. The molecule has 1 aliphatic rings. The Morgan fingerprint density at radius 2 is 1.19 bits per heavy atom. The summed E-state index contributed by atoms with van der Waals surface area (Å²) in [4.78, 5) is 45.6. The molecule has 0 bridgehead atoms. The second-order valence-electron chi connectivity index (χ2n) is 6.49. The van der Waals surface area contributed by atoms with Crippen LogP contribution in [-0.4, -0.2) is 24.7 Å². The number of nitro groups is 4. The van der Waals surface area contributed by atoms with Crippen LogP contribution in [0.4, 0.5) is 22.7 Å². The monoisotopic (exact) mass is 423 g/mol. The molecule has 0 aliphatic heterocycles. The van der Waals surface area contributed by atoms with Gasteiger partial charge in [0.05, 0.1) is 43.0 Å². The van der Waals surface area contributed by atoms with Crippen LogP contribution in [0.2, 0.25) is 0 Å². The van der Waals surface area contributed by atoms with Crippen molar-refractivity contribution in [3.8, 4) is 11.1 Å². The molecule has 1 N–H and O–H groups in total. The van der Waals surface area contributed by atoms with E-state index in [9.17, 15) is 40.5 Å². The summed E-state index contributed by atoms with van der Waals surface area (Å²) in [6, 6.07) is 6.83. The standard InChI is InChI=1S/C18H9N5O8/c24-20(25)10-5-13-12(4-9-2-1-3-19-9)14-6-11(21(26)27)8-16(23(30)31)18(14)17(13)15(7-10)22(28)29/h1-8,19H. The van der Waals surface area contributed by atoms with E-state index in [1.54, 1.807) is 18.3 Å². The third-order valence-corrected chi connectivity index (χ3v) is 4.77. The third-order valence-electron chi connectivity index (χ3n) is 4.77. The first-order valence-electron chi connectivity index (χ1n) is 8.49. The molecule has 2 aromatic carbocycles. The van der Waals surface area contributed by atoms with Crippen LogP contribution in [0.1, 0.15) is 16.8 Å². The number of benzene rings is 2. The smallest absolute Gasteiger partial charge is 0.284 e. The number of aromatic amines is 1. The number of hydrogen-bond donors (Lipinski definition) is 1. The molecule has 1 aliphatic carbocycles. The number of H-pyrrole nitrogens is 1. The predicted molar refractivity (Wildman–Crippen MR) is 106 cm³/mol. The lowest BCUT2D eigenvalue weighted by molar-refractivity contribution is -0.395. The summed E-state index contributed by atoms with van der Waals surface area (Å²) >= 11 is 0. The average Bonchev–Trinajstić information content (AvgIpc) is 3.33. The fraction of sp³-hybridized carbons (Fsp3) is 0. The zero-order valence-electron chi connectivity index (χ0n) is 15.2. The number of nitrogens with one attached hydrogen (secondary N) is 1. The maximum absolute atomic E-state index is 11.7. The molecule has 0 saturated carbocycles. The number of fused-ring (bicyclic) bond motifs is 3. The number of non-ortho nitro benzene ring substituents is 2. The zero-order chi connectivity index (χ0) is 22.4. The first-order valence-corrected chi connectivity index (χ1v) is 8.49. The second-order valence-corrected chi connectivity index (χ2v) is 6.49. The molecule has 154 valence electrons. The van der Waals surface area contributed by atoms with Gasteiger partial charge in [-0.15, -0.1) is 0 Å². The maximum Gasteiger partial charge on any atom is 0.284 e. The molecule has 0 radical (unpaired) electrons. The van der Waals surface area contributed by atoms with Crippen LogP contribution in [0.25, 0.3) is 22.8 Å². The van der Waals surface area contributed by atoms with E-state index < -0.39 is 42.4 Å². The molecule has 13 heteroatoms. The molecule has 0 saturated heterocycles. The van der Waals surface area contributed by atoms with Gasteiger partial charge in [0.1, 0.15) is 0 Å². The van der Waals surface area contributed by atoms with Gasteiger partial charge < -0.3 is 4.98 Å². The second kappa shape index (κ2) is 6.84. The number of rotatable bonds is 5. The summed E-state index contributed by atoms with van der Waals surface area (Å²) in [5.41, 5.74) is -2.39. The molecule has 1 aromatic heterocycles. The van der Waals surface area contributed by atoms with Gasteiger partial charge in [-0.1, -0.05) is 0 Å². The lowest BCUT2D eigenvalue weighted by atomic mass is 10.0. The Balaban J connectivity index is 2.20. The topological polar surface area (TPSA) is 188 Å². The van der Waals surface area contributed by atoms with E-state index in [1.165, 1.54) is 6.08 Å². The summed E-state index contributed by atoms with van der Waals surface area (Å²) in [5, 5.41) is 46.1. The van der Waals surface area contributed by atoms with E-state index in [0.717, 1.165) is 12.1 Å². The first kappa shape index (κ1) is 19.4. The van der Waals surface area contributed by atoms with Crippen LogP contribution in [0.15, 0.2) is 42.6 Å². The highest BCUT2D eigenvalue weighted by Gasteiger charge is 2.40. The van der Waals surface area contributed by atoms with Gasteiger partial charge in [0.15, 0.2) is 0 Å². The predicted octanol–water partition coefficient (Wildman–Crippen LogP) is 4.22. The lowest BCUT2D eigenvalue weighted by Crippen LogP contribution is -1.99. The minimum absolute atomic E-state index is 0.00546. The number of aromatic nitrogens is 1. The quantitative estimate of drug-likeness (QED) is 0.364. The van der Waals surface area contributed by atoms with Gasteiger partial charge in [0, 0.05) is 35.2 Å². The van der Waals surface area contributed by atoms with E-state index in [2.05, 4.69) is 4.98 Å². The molecular weight excluding hydrogens is 414 g/mol. The summed E-state index contributed by atoms with van der Waals surface area (Å²) < 4.78 is 0. The highest BCUT2D eigenvalue weighted by Crippen LogP contribution is 2.54. The Morgan fingerprint density at radius 1 is 0.710 bits per heavy atom. The number of nitro benzene ring substituents is 4. The maximum atomic E-state index is 11.7. The van der Waals surface area contributed by atoms with Crippen molar-refractivity contribution in [3.63, 3.8) is 0 Å². The largest absolute Gasteiger partial charge is 0.362 e. The van der Waals surface area contributed by atoms with Gasteiger partial charge in [-0.05, 0) is 23.8 Å². The summed E-state index contributed by atoms with van der Waals surface area (Å²) in [5.74, 6) is 0. The fourth-order valence-corrected chi connectivity index (χ4v) is 3.56. The van der Waals surface area contributed by atoms with Gasteiger partial charge in [0.25, 0.3) is 22.7 Å². The van der Waals surface area contributed by atoms with Gasteiger partial charge in [-0.25, -0.2) is 0 Å². The average molecular weight is 423 g/mol. The van der Waals surface area contributed by atoms with Crippen molar-refractivity contribution in [1.29, 1.82) is 0 Å². The minimum Gasteiger partial charge on any atom is -0.362 e. The third kappa shape index (κ3) is 3.05. The van der Waals surface area contributed by atoms with Gasteiger partial charge >= 0.3 is 0 Å². The van der Waals surface area contributed by atoms with E-state index in [-0.39, 0.29) is 27.8 Å².